The van der Waals surface area contributed by atoms with Crippen molar-refractivity contribution in [2.45, 2.75) is 0 Å². The fraction of sp³-hybridized carbons (Fsp3) is 0. The van der Waals surface area contributed by atoms with Gasteiger partial charge < -0.3 is 5.32 Å². The second kappa shape index (κ2) is 5.21. The number of anilines is 1. The monoisotopic (exact) mass is 261 g/mol. The fourth-order valence-corrected chi connectivity index (χ4v) is 1.43. The molecule has 2 aromatic rings. The number of carbonyl (C=O) groups is 1. The Morgan fingerprint density at radius 1 is 1.37 bits per heavy atom. The average Bonchev–Trinajstić information content (AvgIpc) is 2.40. The predicted molar refractivity (Wildman–Crippen MR) is 65.2 cm³/mol. The van der Waals surface area contributed by atoms with E-state index in [9.17, 15) is 19.3 Å². The van der Waals surface area contributed by atoms with Crippen LogP contribution in [0.4, 0.5) is 15.8 Å². The molecule has 0 unspecified atom stereocenters. The molecule has 1 heterocycles. The molecule has 0 saturated heterocycles. The normalized spacial score (nSPS) is 9.95. The van der Waals surface area contributed by atoms with Crippen molar-refractivity contribution in [3.8, 4) is 0 Å². The highest BCUT2D eigenvalue weighted by Crippen LogP contribution is 2.19. The van der Waals surface area contributed by atoms with Crippen molar-refractivity contribution in [1.82, 2.24) is 4.98 Å². The molecule has 2 rings (SSSR count). The number of nitrogens with one attached hydrogen (secondary N) is 1. The molecule has 0 spiro atoms. The number of amides is 1. The minimum Gasteiger partial charge on any atom is -0.321 e. The van der Waals surface area contributed by atoms with Crippen LogP contribution < -0.4 is 5.32 Å². The van der Waals surface area contributed by atoms with Crippen LogP contribution in [-0.2, 0) is 0 Å². The van der Waals surface area contributed by atoms with E-state index in [1.165, 1.54) is 12.3 Å². The maximum atomic E-state index is 13.1. The van der Waals surface area contributed by atoms with Gasteiger partial charge in [-0.3, -0.25) is 19.9 Å². The Hall–Kier alpha value is -2.83. The number of halogens is 1. The van der Waals surface area contributed by atoms with E-state index in [4.69, 9.17) is 0 Å². The summed E-state index contributed by atoms with van der Waals surface area (Å²) < 4.78 is 13.1. The summed E-state index contributed by atoms with van der Waals surface area (Å²) in [4.78, 5) is 25.3. The highest BCUT2D eigenvalue weighted by Gasteiger charge is 2.17. The third kappa shape index (κ3) is 2.89. The lowest BCUT2D eigenvalue weighted by molar-refractivity contribution is -0.387. The van der Waals surface area contributed by atoms with E-state index in [2.05, 4.69) is 10.3 Å². The summed E-state index contributed by atoms with van der Waals surface area (Å²) in [6.07, 6.45) is 2.97. The largest absolute Gasteiger partial charge is 0.321 e. The number of pyridine rings is 1. The highest BCUT2D eigenvalue weighted by atomic mass is 19.1. The number of nitro benzene ring substituents is 1. The lowest BCUT2D eigenvalue weighted by Crippen LogP contribution is -2.12. The minimum atomic E-state index is -0.983. The van der Waals surface area contributed by atoms with Crippen LogP contribution in [0.15, 0.2) is 42.7 Å². The molecule has 1 N–H and O–H groups in total. The van der Waals surface area contributed by atoms with Gasteiger partial charge in [-0.05, 0) is 24.3 Å². The molecule has 0 fully saturated rings. The van der Waals surface area contributed by atoms with Gasteiger partial charge in [-0.2, -0.15) is 4.39 Å². The lowest BCUT2D eigenvalue weighted by atomic mass is 10.2. The van der Waals surface area contributed by atoms with Gasteiger partial charge in [-0.25, -0.2) is 0 Å². The van der Waals surface area contributed by atoms with E-state index in [0.29, 0.717) is 5.69 Å². The van der Waals surface area contributed by atoms with Crippen LogP contribution in [0.2, 0.25) is 0 Å². The second-order valence-electron chi connectivity index (χ2n) is 3.62. The lowest BCUT2D eigenvalue weighted by Gasteiger charge is -2.04. The maximum absolute atomic E-state index is 13.1. The van der Waals surface area contributed by atoms with Crippen LogP contribution in [0, 0.1) is 15.9 Å². The number of hydrogen-bond acceptors (Lipinski definition) is 4. The molecular formula is C12H8FN3O3. The van der Waals surface area contributed by atoms with Gasteiger partial charge in [0.25, 0.3) is 5.91 Å². The molecule has 1 amide bonds. The van der Waals surface area contributed by atoms with Gasteiger partial charge in [-0.1, -0.05) is 0 Å². The van der Waals surface area contributed by atoms with Crippen molar-refractivity contribution in [1.29, 1.82) is 0 Å². The van der Waals surface area contributed by atoms with Crippen LogP contribution in [0.1, 0.15) is 10.4 Å². The van der Waals surface area contributed by atoms with Crippen molar-refractivity contribution in [2.75, 3.05) is 5.32 Å². The van der Waals surface area contributed by atoms with Gasteiger partial charge >= 0.3 is 5.69 Å². The molecule has 6 nitrogen and oxygen atoms in total. The molecule has 0 saturated carbocycles. The summed E-state index contributed by atoms with van der Waals surface area (Å²) in [6, 6.07) is 6.19. The molecule has 1 aromatic carbocycles. The van der Waals surface area contributed by atoms with Crippen molar-refractivity contribution in [2.24, 2.45) is 0 Å². The number of benzene rings is 1. The minimum absolute atomic E-state index is 0.00282. The zero-order valence-corrected chi connectivity index (χ0v) is 9.54. The molecule has 19 heavy (non-hydrogen) atoms. The molecule has 0 atom stereocenters. The summed E-state index contributed by atoms with van der Waals surface area (Å²) in [6.45, 7) is 0. The fourth-order valence-electron chi connectivity index (χ4n) is 1.43. The Bertz CT molecular complexity index is 631. The van der Waals surface area contributed by atoms with E-state index < -0.39 is 22.3 Å². The molecule has 0 aliphatic carbocycles. The third-order valence-electron chi connectivity index (χ3n) is 2.32. The first-order valence-corrected chi connectivity index (χ1v) is 5.23. The van der Waals surface area contributed by atoms with Gasteiger partial charge in [0, 0.05) is 17.8 Å². The summed E-state index contributed by atoms with van der Waals surface area (Å²) in [5.41, 5.74) is -0.296. The Balaban J connectivity index is 2.25. The molecular weight excluding hydrogens is 253 g/mol. The Labute approximate surface area is 107 Å². The average molecular weight is 261 g/mol. The topological polar surface area (TPSA) is 85.1 Å². The van der Waals surface area contributed by atoms with Crippen molar-refractivity contribution >= 4 is 17.3 Å². The van der Waals surface area contributed by atoms with E-state index in [0.717, 1.165) is 12.1 Å². The molecule has 0 aliphatic heterocycles. The van der Waals surface area contributed by atoms with E-state index >= 15 is 0 Å². The number of aromatic nitrogens is 1. The van der Waals surface area contributed by atoms with E-state index in [1.807, 2.05) is 0 Å². The second-order valence-corrected chi connectivity index (χ2v) is 3.62. The number of nitrogens with zero attached hydrogens (tertiary/aromatic N) is 2. The Kier molecular flexibility index (Phi) is 3.46. The first-order chi connectivity index (χ1) is 9.08. The van der Waals surface area contributed by atoms with Crippen LogP contribution in [0.5, 0.6) is 0 Å². The van der Waals surface area contributed by atoms with Gasteiger partial charge in [0.05, 0.1) is 16.8 Å². The summed E-state index contributed by atoms with van der Waals surface area (Å²) >= 11 is 0. The molecule has 1 aromatic heterocycles. The SMILES string of the molecule is O=C(Nc1cccnc1)c1ccc(F)c([N+](=O)[O-])c1. The maximum Gasteiger partial charge on any atom is 0.305 e. The quantitative estimate of drug-likeness (QED) is 0.679. The molecule has 0 radical (unpaired) electrons. The van der Waals surface area contributed by atoms with Crippen molar-refractivity contribution in [3.63, 3.8) is 0 Å². The smallest absolute Gasteiger partial charge is 0.305 e. The standard InChI is InChI=1S/C12H8FN3O3/c13-10-4-3-8(6-11(10)16(18)19)12(17)15-9-2-1-5-14-7-9/h1-7H,(H,15,17). The molecule has 0 bridgehead atoms. The van der Waals surface area contributed by atoms with E-state index in [-0.39, 0.29) is 5.56 Å². The van der Waals surface area contributed by atoms with Gasteiger partial charge in [0.2, 0.25) is 5.82 Å². The highest BCUT2D eigenvalue weighted by molar-refractivity contribution is 6.04. The summed E-state index contributed by atoms with van der Waals surface area (Å²) in [5, 5.41) is 13.1. The summed E-state index contributed by atoms with van der Waals surface area (Å²) in [7, 11) is 0. The van der Waals surface area contributed by atoms with Crippen LogP contribution >= 0.6 is 0 Å². The van der Waals surface area contributed by atoms with E-state index in [1.54, 1.807) is 18.3 Å². The van der Waals surface area contributed by atoms with Crippen molar-refractivity contribution in [3.05, 3.63) is 64.2 Å². The number of carbonyl (C=O) groups excluding carboxylic acids is 1. The Morgan fingerprint density at radius 2 is 2.16 bits per heavy atom. The van der Waals surface area contributed by atoms with Gasteiger partial charge in [0.1, 0.15) is 0 Å². The Morgan fingerprint density at radius 3 is 2.79 bits per heavy atom. The molecule has 7 heteroatoms. The first kappa shape index (κ1) is 12.6. The van der Waals surface area contributed by atoms with Gasteiger partial charge in [-0.15, -0.1) is 0 Å². The molecule has 96 valence electrons. The summed E-state index contributed by atoms with van der Waals surface area (Å²) in [5.74, 6) is -1.56. The third-order valence-corrected chi connectivity index (χ3v) is 2.32. The zero-order valence-electron chi connectivity index (χ0n) is 9.54. The first-order valence-electron chi connectivity index (χ1n) is 5.23. The number of nitro groups is 1. The predicted octanol–water partition coefficient (Wildman–Crippen LogP) is 2.38. The van der Waals surface area contributed by atoms with Crippen LogP contribution in [-0.4, -0.2) is 15.8 Å². The van der Waals surface area contributed by atoms with Crippen LogP contribution in [0.25, 0.3) is 0 Å². The molecule has 0 aliphatic rings. The number of rotatable bonds is 3. The van der Waals surface area contributed by atoms with Gasteiger partial charge in [0.15, 0.2) is 0 Å². The zero-order chi connectivity index (χ0) is 13.8. The van der Waals surface area contributed by atoms with Crippen molar-refractivity contribution < 1.29 is 14.1 Å². The number of hydrogen-bond donors (Lipinski definition) is 1. The van der Waals surface area contributed by atoms with Crippen LogP contribution in [0.3, 0.4) is 0 Å².